The molecule has 2 aromatic heterocycles. The van der Waals surface area contributed by atoms with Gasteiger partial charge in [-0.15, -0.1) is 11.3 Å². The van der Waals surface area contributed by atoms with Crippen LogP contribution in [0.5, 0.6) is 0 Å². The lowest BCUT2D eigenvalue weighted by atomic mass is 10.2. The smallest absolute Gasteiger partial charge is 0.348 e. The van der Waals surface area contributed by atoms with Gasteiger partial charge in [0.2, 0.25) is 0 Å². The van der Waals surface area contributed by atoms with Crippen molar-refractivity contribution in [2.45, 2.75) is 32.0 Å². The van der Waals surface area contributed by atoms with Crippen molar-refractivity contribution in [3.63, 3.8) is 0 Å². The summed E-state index contributed by atoms with van der Waals surface area (Å²) in [7, 11) is 0. The molecule has 0 spiro atoms. The van der Waals surface area contributed by atoms with Crippen molar-refractivity contribution in [2.75, 3.05) is 38.6 Å². The zero-order valence-corrected chi connectivity index (χ0v) is 17.5. The number of ether oxygens (including phenoxy) is 2. The van der Waals surface area contributed by atoms with E-state index in [0.717, 1.165) is 54.4 Å². The minimum absolute atomic E-state index is 0.167. The number of thiophene rings is 1. The highest BCUT2D eigenvalue weighted by atomic mass is 35.5. The largest absolute Gasteiger partial charge is 0.459 e. The maximum absolute atomic E-state index is 12.3. The number of hydrogen-bond donors (Lipinski definition) is 0. The van der Waals surface area contributed by atoms with Crippen LogP contribution in [0.2, 0.25) is 5.15 Å². The fourth-order valence-corrected chi connectivity index (χ4v) is 5.07. The van der Waals surface area contributed by atoms with Crippen LogP contribution >= 0.6 is 34.7 Å². The quantitative estimate of drug-likeness (QED) is 0.309. The van der Waals surface area contributed by atoms with Crippen LogP contribution in [0.25, 0.3) is 10.2 Å². The van der Waals surface area contributed by atoms with Crippen molar-refractivity contribution in [3.05, 3.63) is 15.6 Å². The molecule has 0 saturated carbocycles. The van der Waals surface area contributed by atoms with Crippen LogP contribution in [0.4, 0.5) is 0 Å². The number of carbonyl (C=O) groups excluding carboxylic acids is 1. The lowest BCUT2D eigenvalue weighted by Crippen LogP contribution is -2.37. The summed E-state index contributed by atoms with van der Waals surface area (Å²) in [6.45, 7) is 10.00. The molecule has 9 heteroatoms. The van der Waals surface area contributed by atoms with Crippen LogP contribution in [-0.4, -0.2) is 65.5 Å². The summed E-state index contributed by atoms with van der Waals surface area (Å²) in [6.07, 6.45) is -0.167. The highest BCUT2D eigenvalue weighted by Crippen LogP contribution is 2.35. The van der Waals surface area contributed by atoms with E-state index in [1.54, 1.807) is 11.8 Å². The first-order valence-corrected chi connectivity index (χ1v) is 10.7. The van der Waals surface area contributed by atoms with Crippen LogP contribution < -0.4 is 0 Å². The lowest BCUT2D eigenvalue weighted by molar-refractivity contribution is 0.0383. The molecule has 0 amide bonds. The van der Waals surface area contributed by atoms with Crippen molar-refractivity contribution >= 4 is 50.9 Å². The second-order valence-electron chi connectivity index (χ2n) is 6.29. The Morgan fingerprint density at radius 3 is 2.81 bits per heavy atom. The summed E-state index contributed by atoms with van der Waals surface area (Å²) in [6, 6.07) is 0. The Bertz CT molecular complexity index is 791. The number of morpholine rings is 1. The van der Waals surface area contributed by atoms with E-state index in [2.05, 4.69) is 14.9 Å². The fourth-order valence-electron chi connectivity index (χ4n) is 2.69. The van der Waals surface area contributed by atoms with E-state index in [4.69, 9.17) is 21.1 Å². The predicted octanol–water partition coefficient (Wildman–Crippen LogP) is 3.64. The second-order valence-corrected chi connectivity index (χ2v) is 8.71. The molecular formula is C17H22ClN3O3S2. The van der Waals surface area contributed by atoms with Gasteiger partial charge in [0.1, 0.15) is 14.9 Å². The van der Waals surface area contributed by atoms with Crippen molar-refractivity contribution in [1.82, 2.24) is 14.9 Å². The number of carbonyl (C=O) groups is 1. The van der Waals surface area contributed by atoms with Gasteiger partial charge in [0.25, 0.3) is 0 Å². The van der Waals surface area contributed by atoms with Crippen LogP contribution in [0.1, 0.15) is 29.1 Å². The minimum atomic E-state index is -0.335. The van der Waals surface area contributed by atoms with Crippen molar-refractivity contribution in [3.8, 4) is 0 Å². The summed E-state index contributed by atoms with van der Waals surface area (Å²) in [5.74, 6) is 0.548. The molecule has 142 valence electrons. The third kappa shape index (κ3) is 4.67. The van der Waals surface area contributed by atoms with Gasteiger partial charge in [0.15, 0.2) is 5.16 Å². The standard InChI is InChI=1S/C17H22ClN3O3S2/c1-10(2)24-16(22)13-11(3)12-14(18)19-17(20-15(12)26-13)25-9-6-21-4-7-23-8-5-21/h10H,4-9H2,1-3H3. The molecule has 1 aliphatic heterocycles. The van der Waals surface area contributed by atoms with Gasteiger partial charge in [-0.1, -0.05) is 23.4 Å². The van der Waals surface area contributed by atoms with Crippen molar-refractivity contribution in [2.24, 2.45) is 0 Å². The van der Waals surface area contributed by atoms with Crippen LogP contribution in [0.15, 0.2) is 5.16 Å². The number of rotatable bonds is 6. The molecule has 1 fully saturated rings. The maximum Gasteiger partial charge on any atom is 0.348 e. The molecule has 0 radical (unpaired) electrons. The van der Waals surface area contributed by atoms with Crippen molar-refractivity contribution < 1.29 is 14.3 Å². The summed E-state index contributed by atoms with van der Waals surface area (Å²) >= 11 is 9.27. The van der Waals surface area contributed by atoms with E-state index in [1.807, 2.05) is 20.8 Å². The van der Waals surface area contributed by atoms with Gasteiger partial charge in [-0.25, -0.2) is 14.8 Å². The van der Waals surface area contributed by atoms with E-state index in [1.165, 1.54) is 11.3 Å². The molecule has 0 unspecified atom stereocenters. The number of halogens is 1. The van der Waals surface area contributed by atoms with E-state index < -0.39 is 0 Å². The average Bonchev–Trinajstić information content (AvgIpc) is 2.92. The first kappa shape index (κ1) is 19.8. The average molecular weight is 416 g/mol. The minimum Gasteiger partial charge on any atom is -0.459 e. The molecular weight excluding hydrogens is 394 g/mol. The Morgan fingerprint density at radius 1 is 1.38 bits per heavy atom. The molecule has 0 N–H and O–H groups in total. The lowest BCUT2D eigenvalue weighted by Gasteiger charge is -2.26. The molecule has 6 nitrogen and oxygen atoms in total. The zero-order valence-electron chi connectivity index (χ0n) is 15.1. The van der Waals surface area contributed by atoms with Crippen LogP contribution in [0.3, 0.4) is 0 Å². The normalized spacial score (nSPS) is 15.7. The molecule has 3 heterocycles. The summed E-state index contributed by atoms with van der Waals surface area (Å²) in [4.78, 5) is 24.9. The third-order valence-electron chi connectivity index (χ3n) is 4.00. The first-order valence-electron chi connectivity index (χ1n) is 8.56. The monoisotopic (exact) mass is 415 g/mol. The topological polar surface area (TPSA) is 64.5 Å². The van der Waals surface area contributed by atoms with E-state index in [0.29, 0.717) is 15.2 Å². The number of thioether (sulfide) groups is 1. The van der Waals surface area contributed by atoms with Crippen LogP contribution in [0, 0.1) is 6.92 Å². The maximum atomic E-state index is 12.3. The number of nitrogens with zero attached hydrogens (tertiary/aromatic N) is 3. The summed E-state index contributed by atoms with van der Waals surface area (Å²) in [5, 5.41) is 1.77. The van der Waals surface area contributed by atoms with Gasteiger partial charge in [0, 0.05) is 25.4 Å². The van der Waals surface area contributed by atoms with Gasteiger partial charge in [-0.3, -0.25) is 4.90 Å². The SMILES string of the molecule is Cc1c(C(=O)OC(C)C)sc2nc(SCCN3CCOCC3)nc(Cl)c12. The van der Waals surface area contributed by atoms with Gasteiger partial charge in [-0.05, 0) is 26.3 Å². The molecule has 26 heavy (non-hydrogen) atoms. The number of fused-ring (bicyclic) bond motifs is 1. The highest BCUT2D eigenvalue weighted by Gasteiger charge is 2.22. The van der Waals surface area contributed by atoms with Gasteiger partial charge < -0.3 is 9.47 Å². The molecule has 3 rings (SSSR count). The van der Waals surface area contributed by atoms with Gasteiger partial charge >= 0.3 is 5.97 Å². The predicted molar refractivity (Wildman–Crippen MR) is 106 cm³/mol. The fraction of sp³-hybridized carbons (Fsp3) is 0.588. The Labute approximate surface area is 166 Å². The summed E-state index contributed by atoms with van der Waals surface area (Å²) < 4.78 is 10.7. The molecule has 2 aromatic rings. The van der Waals surface area contributed by atoms with Crippen molar-refractivity contribution in [1.29, 1.82) is 0 Å². The third-order valence-corrected chi connectivity index (χ3v) is 6.26. The molecule has 0 atom stereocenters. The molecule has 0 aromatic carbocycles. The van der Waals surface area contributed by atoms with Crippen LogP contribution in [-0.2, 0) is 9.47 Å². The molecule has 0 bridgehead atoms. The zero-order chi connectivity index (χ0) is 18.7. The van der Waals surface area contributed by atoms with E-state index in [9.17, 15) is 4.79 Å². The number of esters is 1. The molecule has 1 aliphatic rings. The highest BCUT2D eigenvalue weighted by molar-refractivity contribution is 7.99. The van der Waals surface area contributed by atoms with E-state index in [-0.39, 0.29) is 12.1 Å². The Hall–Kier alpha value is -0.930. The summed E-state index contributed by atoms with van der Waals surface area (Å²) in [5.41, 5.74) is 0.783. The molecule has 1 saturated heterocycles. The Balaban J connectivity index is 1.73. The molecule has 0 aliphatic carbocycles. The number of aromatic nitrogens is 2. The Morgan fingerprint density at radius 2 is 2.12 bits per heavy atom. The second kappa shape index (κ2) is 8.84. The van der Waals surface area contributed by atoms with E-state index >= 15 is 0 Å². The first-order chi connectivity index (χ1) is 12.5. The van der Waals surface area contributed by atoms with Gasteiger partial charge in [0.05, 0.1) is 24.7 Å². The number of aryl methyl sites for hydroxylation is 1. The number of hydrogen-bond acceptors (Lipinski definition) is 8. The van der Waals surface area contributed by atoms with Gasteiger partial charge in [-0.2, -0.15) is 0 Å². The Kier molecular flexibility index (Phi) is 6.74.